The Morgan fingerprint density at radius 3 is 2.82 bits per heavy atom. The van der Waals surface area contributed by atoms with E-state index in [4.69, 9.17) is 5.73 Å². The van der Waals surface area contributed by atoms with E-state index in [0.29, 0.717) is 11.5 Å². The number of benzene rings is 1. The number of anilines is 1. The lowest BCUT2D eigenvalue weighted by Crippen LogP contribution is -2.27. The summed E-state index contributed by atoms with van der Waals surface area (Å²) in [5.41, 5.74) is 9.91. The van der Waals surface area contributed by atoms with Gasteiger partial charge in [-0.1, -0.05) is 31.5 Å². The normalized spacial score (nSPS) is 22.9. The van der Waals surface area contributed by atoms with Crippen LogP contribution in [0.3, 0.4) is 0 Å². The predicted molar refractivity (Wildman–Crippen MR) is 73.9 cm³/mol. The molecule has 2 heteroatoms. The third-order valence-corrected chi connectivity index (χ3v) is 3.85. The highest BCUT2D eigenvalue weighted by molar-refractivity contribution is 5.48. The minimum absolute atomic E-state index is 0.510. The van der Waals surface area contributed by atoms with Crippen LogP contribution in [0, 0.1) is 12.3 Å². The standard InChI is InChI=1S/C15H24N2/c1-11-4-5-14(16)12(8-11)10-17-13-6-7-15(2,3)9-13/h4-5,8,13,17H,6-7,9-10,16H2,1-3H3. The molecule has 1 aliphatic rings. The molecule has 1 atom stereocenters. The molecule has 1 saturated carbocycles. The average Bonchev–Trinajstić information content (AvgIpc) is 2.60. The molecular weight excluding hydrogens is 208 g/mol. The molecule has 0 amide bonds. The molecule has 0 bridgehead atoms. The SMILES string of the molecule is Cc1ccc(N)c(CNC2CCC(C)(C)C2)c1. The molecule has 1 aliphatic carbocycles. The monoisotopic (exact) mass is 232 g/mol. The Morgan fingerprint density at radius 1 is 1.41 bits per heavy atom. The van der Waals surface area contributed by atoms with E-state index >= 15 is 0 Å². The number of nitrogens with two attached hydrogens (primary N) is 1. The van der Waals surface area contributed by atoms with E-state index < -0.39 is 0 Å². The van der Waals surface area contributed by atoms with Crippen molar-refractivity contribution in [3.8, 4) is 0 Å². The molecule has 1 fully saturated rings. The molecule has 0 heterocycles. The molecule has 0 spiro atoms. The first-order chi connectivity index (χ1) is 7.96. The molecule has 94 valence electrons. The zero-order valence-corrected chi connectivity index (χ0v) is 11.2. The van der Waals surface area contributed by atoms with E-state index in [1.165, 1.54) is 30.4 Å². The van der Waals surface area contributed by atoms with E-state index in [1.54, 1.807) is 0 Å². The summed E-state index contributed by atoms with van der Waals surface area (Å²) in [6.45, 7) is 7.72. The van der Waals surface area contributed by atoms with Gasteiger partial charge in [-0.05, 0) is 43.2 Å². The van der Waals surface area contributed by atoms with Crippen LogP contribution in [0.15, 0.2) is 18.2 Å². The molecule has 17 heavy (non-hydrogen) atoms. The molecule has 0 aliphatic heterocycles. The zero-order chi connectivity index (χ0) is 12.5. The second-order valence-electron chi connectivity index (χ2n) is 6.19. The van der Waals surface area contributed by atoms with Crippen LogP contribution < -0.4 is 11.1 Å². The summed E-state index contributed by atoms with van der Waals surface area (Å²) in [5, 5.41) is 3.64. The first-order valence-corrected chi connectivity index (χ1v) is 6.55. The molecule has 1 aromatic carbocycles. The number of hydrogen-bond donors (Lipinski definition) is 2. The fraction of sp³-hybridized carbons (Fsp3) is 0.600. The van der Waals surface area contributed by atoms with Gasteiger partial charge in [0.05, 0.1) is 0 Å². The van der Waals surface area contributed by atoms with Crippen LogP contribution in [0.5, 0.6) is 0 Å². The topological polar surface area (TPSA) is 38.0 Å². The van der Waals surface area contributed by atoms with Crippen molar-refractivity contribution in [2.45, 2.75) is 52.6 Å². The van der Waals surface area contributed by atoms with Crippen LogP contribution in [0.2, 0.25) is 0 Å². The van der Waals surface area contributed by atoms with Crippen molar-refractivity contribution in [1.29, 1.82) is 0 Å². The van der Waals surface area contributed by atoms with Crippen molar-refractivity contribution in [2.75, 3.05) is 5.73 Å². The Balaban J connectivity index is 1.92. The minimum Gasteiger partial charge on any atom is -0.398 e. The third-order valence-electron chi connectivity index (χ3n) is 3.85. The van der Waals surface area contributed by atoms with E-state index in [0.717, 1.165) is 12.2 Å². The van der Waals surface area contributed by atoms with Gasteiger partial charge in [0.1, 0.15) is 0 Å². The number of rotatable bonds is 3. The van der Waals surface area contributed by atoms with Crippen LogP contribution in [0.25, 0.3) is 0 Å². The lowest BCUT2D eigenvalue weighted by atomic mass is 9.92. The molecule has 1 aromatic rings. The van der Waals surface area contributed by atoms with Gasteiger partial charge in [-0.25, -0.2) is 0 Å². The van der Waals surface area contributed by atoms with E-state index in [9.17, 15) is 0 Å². The van der Waals surface area contributed by atoms with Crippen molar-refractivity contribution < 1.29 is 0 Å². The fourth-order valence-electron chi connectivity index (χ4n) is 2.75. The third kappa shape index (κ3) is 3.22. The maximum absolute atomic E-state index is 5.99. The summed E-state index contributed by atoms with van der Waals surface area (Å²) >= 11 is 0. The largest absolute Gasteiger partial charge is 0.398 e. The first-order valence-electron chi connectivity index (χ1n) is 6.55. The molecule has 2 nitrogen and oxygen atoms in total. The average molecular weight is 232 g/mol. The quantitative estimate of drug-likeness (QED) is 0.785. The van der Waals surface area contributed by atoms with Crippen LogP contribution in [-0.2, 0) is 6.54 Å². The highest BCUT2D eigenvalue weighted by atomic mass is 14.9. The Morgan fingerprint density at radius 2 is 2.18 bits per heavy atom. The predicted octanol–water partition coefficient (Wildman–Crippen LogP) is 3.25. The first kappa shape index (κ1) is 12.4. The van der Waals surface area contributed by atoms with Gasteiger partial charge >= 0.3 is 0 Å². The van der Waals surface area contributed by atoms with Gasteiger partial charge < -0.3 is 11.1 Å². The van der Waals surface area contributed by atoms with Crippen LogP contribution in [0.1, 0.15) is 44.2 Å². The summed E-state index contributed by atoms with van der Waals surface area (Å²) in [7, 11) is 0. The minimum atomic E-state index is 0.510. The summed E-state index contributed by atoms with van der Waals surface area (Å²) in [6.07, 6.45) is 3.89. The van der Waals surface area contributed by atoms with Crippen molar-refractivity contribution in [1.82, 2.24) is 5.32 Å². The number of aryl methyl sites for hydroxylation is 1. The van der Waals surface area contributed by atoms with Crippen LogP contribution in [-0.4, -0.2) is 6.04 Å². The van der Waals surface area contributed by atoms with Crippen molar-refractivity contribution in [3.63, 3.8) is 0 Å². The summed E-state index contributed by atoms with van der Waals surface area (Å²) < 4.78 is 0. The highest BCUT2D eigenvalue weighted by Crippen LogP contribution is 2.37. The van der Waals surface area contributed by atoms with Gasteiger partial charge in [-0.3, -0.25) is 0 Å². The molecule has 1 unspecified atom stereocenters. The summed E-state index contributed by atoms with van der Waals surface area (Å²) in [5.74, 6) is 0. The van der Waals surface area contributed by atoms with Gasteiger partial charge in [0.25, 0.3) is 0 Å². The molecule has 0 radical (unpaired) electrons. The Kier molecular flexibility index (Phi) is 3.43. The lowest BCUT2D eigenvalue weighted by molar-refractivity contribution is 0.364. The Hall–Kier alpha value is -1.02. The Bertz CT molecular complexity index is 396. The van der Waals surface area contributed by atoms with Crippen molar-refractivity contribution >= 4 is 5.69 Å². The number of hydrogen-bond acceptors (Lipinski definition) is 2. The fourth-order valence-corrected chi connectivity index (χ4v) is 2.75. The van der Waals surface area contributed by atoms with Crippen LogP contribution >= 0.6 is 0 Å². The molecule has 0 aromatic heterocycles. The maximum Gasteiger partial charge on any atom is 0.0359 e. The number of nitrogen functional groups attached to an aromatic ring is 1. The van der Waals surface area contributed by atoms with E-state index in [-0.39, 0.29) is 0 Å². The van der Waals surface area contributed by atoms with Crippen LogP contribution in [0.4, 0.5) is 5.69 Å². The zero-order valence-electron chi connectivity index (χ0n) is 11.2. The van der Waals surface area contributed by atoms with Gasteiger partial charge in [0, 0.05) is 18.3 Å². The summed E-state index contributed by atoms with van der Waals surface area (Å²) in [6, 6.07) is 6.91. The Labute approximate surface area is 105 Å². The maximum atomic E-state index is 5.99. The second kappa shape index (κ2) is 4.69. The van der Waals surface area contributed by atoms with Crippen molar-refractivity contribution in [2.24, 2.45) is 5.41 Å². The molecule has 0 saturated heterocycles. The smallest absolute Gasteiger partial charge is 0.0359 e. The lowest BCUT2D eigenvalue weighted by Gasteiger charge is -2.18. The van der Waals surface area contributed by atoms with Gasteiger partial charge in [-0.15, -0.1) is 0 Å². The van der Waals surface area contributed by atoms with Gasteiger partial charge in [0.2, 0.25) is 0 Å². The second-order valence-corrected chi connectivity index (χ2v) is 6.19. The molecular formula is C15H24N2. The molecule has 3 N–H and O–H groups in total. The summed E-state index contributed by atoms with van der Waals surface area (Å²) in [4.78, 5) is 0. The van der Waals surface area contributed by atoms with Crippen molar-refractivity contribution in [3.05, 3.63) is 29.3 Å². The van der Waals surface area contributed by atoms with Gasteiger partial charge in [0.15, 0.2) is 0 Å². The van der Waals surface area contributed by atoms with Gasteiger partial charge in [-0.2, -0.15) is 0 Å². The van der Waals surface area contributed by atoms with E-state index in [2.05, 4.69) is 38.2 Å². The van der Waals surface area contributed by atoms with E-state index in [1.807, 2.05) is 6.07 Å². The highest BCUT2D eigenvalue weighted by Gasteiger charge is 2.30. The molecule has 2 rings (SSSR count). The number of nitrogens with one attached hydrogen (secondary N) is 1.